The van der Waals surface area contributed by atoms with Gasteiger partial charge < -0.3 is 31.6 Å². The van der Waals surface area contributed by atoms with Crippen molar-refractivity contribution in [2.24, 2.45) is 0 Å². The molecule has 0 saturated carbocycles. The van der Waals surface area contributed by atoms with E-state index in [1.165, 1.54) is 11.6 Å². The Hall–Kier alpha value is -4.19. The first kappa shape index (κ1) is 63.8. The van der Waals surface area contributed by atoms with Crippen molar-refractivity contribution in [1.29, 1.82) is 0 Å². The maximum atomic E-state index is 11.1. The summed E-state index contributed by atoms with van der Waals surface area (Å²) in [7, 11) is 12.9. The van der Waals surface area contributed by atoms with E-state index < -0.39 is 15.2 Å². The molecule has 22 nitrogen and oxygen atoms in total. The molecule has 0 aliphatic heterocycles. The van der Waals surface area contributed by atoms with Crippen molar-refractivity contribution in [3.63, 3.8) is 0 Å². The van der Waals surface area contributed by atoms with E-state index in [0.717, 1.165) is 35.1 Å². The van der Waals surface area contributed by atoms with E-state index in [9.17, 15) is 4.79 Å². The molecular formula is C37H42BBrCl5N15NaO7S. The van der Waals surface area contributed by atoms with Crippen LogP contribution in [0.4, 0.5) is 5.82 Å². The Morgan fingerprint density at radius 3 is 1.50 bits per heavy atom. The molecule has 9 aromatic heterocycles. The molecule has 0 spiro atoms. The van der Waals surface area contributed by atoms with Crippen LogP contribution in [0.25, 0.3) is 22.6 Å². The van der Waals surface area contributed by atoms with Crippen LogP contribution in [0.5, 0.6) is 0 Å². The van der Waals surface area contributed by atoms with Gasteiger partial charge in [0.25, 0.3) is 0 Å². The zero-order valence-corrected chi connectivity index (χ0v) is 44.8. The van der Waals surface area contributed by atoms with Crippen molar-refractivity contribution in [3.05, 3.63) is 138 Å². The van der Waals surface area contributed by atoms with Gasteiger partial charge in [-0.3, -0.25) is 0 Å². The van der Waals surface area contributed by atoms with Crippen molar-refractivity contribution in [2.45, 2.75) is 18.8 Å². The predicted octanol–water partition coefficient (Wildman–Crippen LogP) is 2.69. The standard InChI is InChI=1S/C8H7N3O2.C7H6ClN3.C7H7N3O.C6H4ClN3.C4H9BrO2.C4H4ClN3.CH4O.B.Cl2OS.Na.H/c1-13-8(12)6-2-3-7-9-4-5-11(7)10-6;8-5-6-1-2-7-9-3-4-11(7)10-6;11-5-6-1-2-7-8-3-4-10(7)9-6;7-5-1-2-6-8-3-4-10(6)9-5;1-6-4(3-5)7-2;5-3-1-2-4(6)8-7-3;1-2;;1-4(2)3;;/h2-5H,1H3;1-4H,5H2;1-4,11H,5H2;1-4H;4H,3H2,1-2H3;1-2H,(H2,6,8);2H,1H3;;;;/q;;;;;;;;;+1;-1. The van der Waals surface area contributed by atoms with Gasteiger partial charge in [-0.2, -0.15) is 20.4 Å². The molecule has 0 fully saturated rings. The summed E-state index contributed by atoms with van der Waals surface area (Å²) in [6.45, 7) is -0.0336. The fourth-order valence-corrected chi connectivity index (χ4v) is 5.15. The topological polar surface area (TPSA) is 275 Å². The molecule has 0 bridgehead atoms. The summed E-state index contributed by atoms with van der Waals surface area (Å²) in [6, 6.07) is 17.3. The van der Waals surface area contributed by atoms with Crippen LogP contribution in [-0.2, 0) is 35.9 Å². The van der Waals surface area contributed by atoms with E-state index in [0.29, 0.717) is 33.3 Å². The number of anilines is 1. The molecule has 9 aromatic rings. The number of methoxy groups -OCH3 is 3. The largest absolute Gasteiger partial charge is 1.00 e. The number of ether oxygens (including phenoxy) is 3. The number of aliphatic hydroxyl groups excluding tert-OH is 2. The minimum absolute atomic E-state index is 0. The number of halogens is 6. The number of carbonyl (C=O) groups is 1. The van der Waals surface area contributed by atoms with Crippen LogP contribution in [0, 0.1) is 0 Å². The van der Waals surface area contributed by atoms with Crippen LogP contribution in [0.1, 0.15) is 23.3 Å². The van der Waals surface area contributed by atoms with Crippen molar-refractivity contribution >= 4 is 124 Å². The summed E-state index contributed by atoms with van der Waals surface area (Å²) in [6.07, 6.45) is 13.5. The molecule has 0 amide bonds. The fraction of sp³-hybridized carbons (Fsp3) is 0.216. The molecule has 0 aliphatic rings. The second-order valence-corrected chi connectivity index (χ2v) is 15.5. The minimum atomic E-state index is -1.67. The van der Waals surface area contributed by atoms with E-state index in [1.807, 2.05) is 24.3 Å². The van der Waals surface area contributed by atoms with Crippen LogP contribution >= 0.6 is 72.1 Å². The van der Waals surface area contributed by atoms with Crippen molar-refractivity contribution < 1.29 is 64.4 Å². The third-order valence-electron chi connectivity index (χ3n) is 7.10. The zero-order chi connectivity index (χ0) is 48.9. The molecule has 0 atom stereocenters. The van der Waals surface area contributed by atoms with Gasteiger partial charge in [0.05, 0.1) is 36.3 Å². The number of aromatic nitrogens is 14. The molecular weight excluding hydrogens is 1090 g/mol. The van der Waals surface area contributed by atoms with Crippen LogP contribution in [-0.4, -0.2) is 137 Å². The Morgan fingerprint density at radius 2 is 1.12 bits per heavy atom. The number of nitrogen functional groups attached to an aromatic ring is 1. The Kier molecular flexibility index (Phi) is 34.5. The van der Waals surface area contributed by atoms with Gasteiger partial charge in [-0.1, -0.05) is 39.1 Å². The number of esters is 1. The SMILES string of the molecule is CO.COC(=O)c1ccc2nccn2n1.COC(CBr)OC.ClCc1ccc2nccn2n1.Clc1ccc2nccn2n1.Nc1ccc(Cl)nn1.O=S(Cl)Cl.OCc1ccc2nccn2n1.[B].[H-].[Na+]. The number of nitrogens with two attached hydrogens (primary N) is 1. The third-order valence-corrected chi connectivity index (χ3v) is 8.30. The van der Waals surface area contributed by atoms with E-state index in [1.54, 1.807) is 114 Å². The van der Waals surface area contributed by atoms with E-state index >= 15 is 0 Å². The summed E-state index contributed by atoms with van der Waals surface area (Å²) in [5, 5.41) is 40.4. The van der Waals surface area contributed by atoms with Crippen LogP contribution in [0.15, 0.2) is 110 Å². The van der Waals surface area contributed by atoms with Crippen molar-refractivity contribution in [1.82, 2.24) is 68.6 Å². The van der Waals surface area contributed by atoms with Gasteiger partial charge in [0.1, 0.15) is 11.0 Å². The van der Waals surface area contributed by atoms with Gasteiger partial charge >= 0.3 is 35.5 Å². The number of hydrogen-bond donors (Lipinski definition) is 3. The smallest absolute Gasteiger partial charge is 1.00 e. The number of fused-ring (bicyclic) bond motifs is 4. The average Bonchev–Trinajstić information content (AvgIpc) is 4.19. The molecule has 9 heterocycles. The van der Waals surface area contributed by atoms with E-state index in [2.05, 4.69) is 92.6 Å². The second-order valence-electron chi connectivity index (χ2n) is 11.2. The van der Waals surface area contributed by atoms with E-state index in [4.69, 9.17) is 64.4 Å². The maximum Gasteiger partial charge on any atom is 1.00 e. The normalized spacial score (nSPS) is 9.68. The van der Waals surface area contributed by atoms with Crippen LogP contribution in [0.2, 0.25) is 10.3 Å². The number of alkyl halides is 2. The Balaban J connectivity index is 0. The summed E-state index contributed by atoms with van der Waals surface area (Å²) in [5.74, 6) is 0.374. The first-order valence-corrected chi connectivity index (χ1v) is 23.2. The fourth-order valence-electron chi connectivity index (χ4n) is 4.23. The summed E-state index contributed by atoms with van der Waals surface area (Å²) in [5.41, 5.74) is 10.1. The number of imidazole rings is 4. The average molecular weight is 1130 g/mol. The molecule has 0 saturated heterocycles. The van der Waals surface area contributed by atoms with Crippen LogP contribution < -0.4 is 35.3 Å². The van der Waals surface area contributed by atoms with Crippen LogP contribution in [0.3, 0.4) is 0 Å². The van der Waals surface area contributed by atoms with Gasteiger partial charge in [-0.05, 0) is 60.7 Å². The molecule has 0 unspecified atom stereocenters. The molecule has 68 heavy (non-hydrogen) atoms. The summed E-state index contributed by atoms with van der Waals surface area (Å²) >= 11 is 19.8. The van der Waals surface area contributed by atoms with Gasteiger partial charge in [-0.25, -0.2) is 47.0 Å². The third kappa shape index (κ3) is 23.9. The van der Waals surface area contributed by atoms with E-state index in [-0.39, 0.29) is 58.0 Å². The summed E-state index contributed by atoms with van der Waals surface area (Å²) in [4.78, 5) is 27.1. The maximum absolute atomic E-state index is 11.1. The number of aliphatic hydroxyl groups is 2. The minimum Gasteiger partial charge on any atom is -1.00 e. The quantitative estimate of drug-likeness (QED) is 0.0710. The summed E-state index contributed by atoms with van der Waals surface area (Å²) < 4.78 is 29.7. The number of nitrogens with zero attached hydrogens (tertiary/aromatic N) is 14. The van der Waals surface area contributed by atoms with Gasteiger partial charge in [0.2, 0.25) is 9.23 Å². The molecule has 0 aromatic carbocycles. The van der Waals surface area contributed by atoms with Gasteiger partial charge in [-0.15, -0.1) is 21.8 Å². The monoisotopic (exact) mass is 1130 g/mol. The Labute approximate surface area is 449 Å². The number of carbonyl (C=O) groups excluding carboxylic acids is 1. The Bertz CT molecular complexity index is 2680. The van der Waals surface area contributed by atoms with Gasteiger partial charge in [0, 0.05) is 101 Å². The molecule has 4 N–H and O–H groups in total. The molecule has 31 heteroatoms. The van der Waals surface area contributed by atoms with Crippen molar-refractivity contribution in [2.75, 3.05) is 39.5 Å². The zero-order valence-electron chi connectivity index (χ0n) is 37.6. The Morgan fingerprint density at radius 1 is 0.706 bits per heavy atom. The molecule has 9 rings (SSSR count). The first-order valence-electron chi connectivity index (χ1n) is 18.0. The predicted molar refractivity (Wildman–Crippen MR) is 262 cm³/mol. The molecule has 359 valence electrons. The number of rotatable bonds is 6. The number of hydrogen-bond acceptors (Lipinski definition) is 18. The molecule has 0 aliphatic carbocycles. The van der Waals surface area contributed by atoms with Crippen molar-refractivity contribution in [3.8, 4) is 0 Å². The first-order chi connectivity index (χ1) is 31.8. The second kappa shape index (κ2) is 36.8. The van der Waals surface area contributed by atoms with Gasteiger partial charge in [0.15, 0.2) is 39.7 Å². The molecule has 3 radical (unpaired) electrons.